The monoisotopic (exact) mass is 267 g/mol. The fourth-order valence-corrected chi connectivity index (χ4v) is 3.35. The summed E-state index contributed by atoms with van der Waals surface area (Å²) < 4.78 is 0. The van der Waals surface area contributed by atoms with Crippen molar-refractivity contribution in [3.05, 3.63) is 18.6 Å². The molecular formula is C12H17N3O2S. The molecule has 2 rings (SSSR count). The van der Waals surface area contributed by atoms with E-state index in [1.165, 1.54) is 6.33 Å². The van der Waals surface area contributed by atoms with Gasteiger partial charge in [0.15, 0.2) is 0 Å². The molecule has 1 saturated carbocycles. The number of carboxylic acid groups (broad SMARTS) is 1. The molecule has 0 saturated heterocycles. The third-order valence-corrected chi connectivity index (χ3v) is 4.52. The lowest BCUT2D eigenvalue weighted by atomic mass is 9.86. The molecule has 1 heterocycles. The summed E-state index contributed by atoms with van der Waals surface area (Å²) in [6.07, 6.45) is 6.44. The van der Waals surface area contributed by atoms with Gasteiger partial charge in [0.1, 0.15) is 11.9 Å². The maximum absolute atomic E-state index is 11.2. The Kier molecular flexibility index (Phi) is 4.19. The van der Waals surface area contributed by atoms with Gasteiger partial charge in [-0.1, -0.05) is 6.42 Å². The normalized spacial score (nSPS) is 27.3. The molecule has 0 aromatic carbocycles. The van der Waals surface area contributed by atoms with E-state index in [1.807, 2.05) is 6.07 Å². The molecule has 98 valence electrons. The molecule has 1 aliphatic rings. The zero-order valence-corrected chi connectivity index (χ0v) is 10.9. The maximum atomic E-state index is 11.2. The van der Waals surface area contributed by atoms with Gasteiger partial charge >= 0.3 is 5.97 Å². The summed E-state index contributed by atoms with van der Waals surface area (Å²) >= 11 is 1.62. The van der Waals surface area contributed by atoms with Gasteiger partial charge in [0.2, 0.25) is 0 Å². The van der Waals surface area contributed by atoms with Crippen molar-refractivity contribution >= 4 is 17.7 Å². The second kappa shape index (κ2) is 5.67. The van der Waals surface area contributed by atoms with Gasteiger partial charge in [0.25, 0.3) is 0 Å². The number of thioether (sulfide) groups is 1. The van der Waals surface area contributed by atoms with Crippen LogP contribution in [0.25, 0.3) is 0 Å². The number of hydrogen-bond donors (Lipinski definition) is 2. The highest BCUT2D eigenvalue weighted by atomic mass is 32.2. The molecule has 1 fully saturated rings. The van der Waals surface area contributed by atoms with Crippen LogP contribution in [0, 0.1) is 5.92 Å². The van der Waals surface area contributed by atoms with Crippen LogP contribution in [0.1, 0.15) is 25.7 Å². The lowest BCUT2D eigenvalue weighted by Gasteiger charge is -2.26. The van der Waals surface area contributed by atoms with Gasteiger partial charge in [0, 0.05) is 6.20 Å². The van der Waals surface area contributed by atoms with Gasteiger partial charge in [-0.25, -0.2) is 9.97 Å². The third-order valence-electron chi connectivity index (χ3n) is 3.54. The largest absolute Gasteiger partial charge is 0.480 e. The summed E-state index contributed by atoms with van der Waals surface area (Å²) in [4.78, 5) is 19.2. The topological polar surface area (TPSA) is 89.1 Å². The van der Waals surface area contributed by atoms with Crippen molar-refractivity contribution in [1.82, 2.24) is 9.97 Å². The van der Waals surface area contributed by atoms with Crippen molar-refractivity contribution in [3.8, 4) is 0 Å². The first-order chi connectivity index (χ1) is 8.63. The fourth-order valence-electron chi connectivity index (χ4n) is 2.46. The van der Waals surface area contributed by atoms with Gasteiger partial charge in [-0.3, -0.25) is 4.79 Å². The summed E-state index contributed by atoms with van der Waals surface area (Å²) in [6, 6.07) is 1.85. The minimum Gasteiger partial charge on any atom is -0.480 e. The van der Waals surface area contributed by atoms with E-state index in [-0.39, 0.29) is 5.92 Å². The number of nitrogens with zero attached hydrogens (tertiary/aromatic N) is 2. The van der Waals surface area contributed by atoms with E-state index in [1.54, 1.807) is 18.0 Å². The molecule has 2 atom stereocenters. The maximum Gasteiger partial charge on any atom is 0.323 e. The van der Waals surface area contributed by atoms with Crippen LogP contribution in [0.3, 0.4) is 0 Å². The van der Waals surface area contributed by atoms with Crippen LogP contribution in [-0.2, 0) is 4.79 Å². The van der Waals surface area contributed by atoms with Crippen LogP contribution < -0.4 is 5.73 Å². The molecule has 18 heavy (non-hydrogen) atoms. The Morgan fingerprint density at radius 2 is 2.50 bits per heavy atom. The Morgan fingerprint density at radius 3 is 3.17 bits per heavy atom. The van der Waals surface area contributed by atoms with Crippen molar-refractivity contribution < 1.29 is 9.90 Å². The van der Waals surface area contributed by atoms with Crippen molar-refractivity contribution in [3.63, 3.8) is 0 Å². The smallest absolute Gasteiger partial charge is 0.323 e. The molecule has 2 unspecified atom stereocenters. The highest BCUT2D eigenvalue weighted by Gasteiger charge is 2.45. The number of hydrogen-bond acceptors (Lipinski definition) is 5. The first kappa shape index (κ1) is 13.3. The third kappa shape index (κ3) is 2.81. The average molecular weight is 267 g/mol. The van der Waals surface area contributed by atoms with E-state index in [4.69, 9.17) is 5.73 Å². The van der Waals surface area contributed by atoms with Crippen LogP contribution in [0.5, 0.6) is 0 Å². The highest BCUT2D eigenvalue weighted by Crippen LogP contribution is 2.37. The Balaban J connectivity index is 1.85. The van der Waals surface area contributed by atoms with Gasteiger partial charge < -0.3 is 10.8 Å². The number of carboxylic acids is 1. The van der Waals surface area contributed by atoms with E-state index in [9.17, 15) is 9.90 Å². The lowest BCUT2D eigenvalue weighted by molar-refractivity contribution is -0.144. The summed E-state index contributed by atoms with van der Waals surface area (Å²) in [6.45, 7) is 0. The second-order valence-corrected chi connectivity index (χ2v) is 5.73. The molecule has 6 heteroatoms. The van der Waals surface area contributed by atoms with Crippen molar-refractivity contribution in [2.24, 2.45) is 11.7 Å². The predicted octanol–water partition coefficient (Wildman–Crippen LogP) is 1.54. The van der Waals surface area contributed by atoms with Crippen LogP contribution in [-0.4, -0.2) is 32.3 Å². The Hall–Kier alpha value is -1.14. The number of rotatable bonds is 5. The van der Waals surface area contributed by atoms with Gasteiger partial charge in [0.05, 0.1) is 5.03 Å². The number of aliphatic carboxylic acids is 1. The minimum atomic E-state index is -1.02. The molecule has 0 spiro atoms. The van der Waals surface area contributed by atoms with E-state index in [0.29, 0.717) is 6.42 Å². The van der Waals surface area contributed by atoms with Crippen LogP contribution in [0.4, 0.5) is 0 Å². The van der Waals surface area contributed by atoms with E-state index < -0.39 is 11.5 Å². The Labute approximate surface area is 110 Å². The Morgan fingerprint density at radius 1 is 1.67 bits per heavy atom. The van der Waals surface area contributed by atoms with Gasteiger partial charge in [-0.15, -0.1) is 11.8 Å². The zero-order chi connectivity index (χ0) is 13.0. The summed E-state index contributed by atoms with van der Waals surface area (Å²) in [5.41, 5.74) is 4.97. The molecule has 0 bridgehead atoms. The summed E-state index contributed by atoms with van der Waals surface area (Å²) in [5, 5.41) is 10.1. The lowest BCUT2D eigenvalue weighted by Crippen LogP contribution is -2.51. The van der Waals surface area contributed by atoms with Crippen LogP contribution in [0.2, 0.25) is 0 Å². The first-order valence-electron chi connectivity index (χ1n) is 6.04. The fraction of sp³-hybridized carbons (Fsp3) is 0.583. The molecule has 1 aromatic heterocycles. The number of carbonyl (C=O) groups is 1. The van der Waals surface area contributed by atoms with E-state index in [2.05, 4.69) is 9.97 Å². The van der Waals surface area contributed by atoms with E-state index in [0.717, 1.165) is 30.0 Å². The molecule has 0 radical (unpaired) electrons. The summed E-state index contributed by atoms with van der Waals surface area (Å²) in [5.74, 6) is 0.0508. The number of aromatic nitrogens is 2. The average Bonchev–Trinajstić information content (AvgIpc) is 2.74. The molecule has 3 N–H and O–H groups in total. The first-order valence-corrected chi connectivity index (χ1v) is 7.02. The standard InChI is InChI=1S/C12H17N3O2S/c13-12(11(16)17)5-1-2-9(12)4-7-18-10-3-6-14-8-15-10/h3,6,8-9H,1-2,4-5,7,13H2,(H,16,17). The Bertz CT molecular complexity index is 415. The molecular weight excluding hydrogens is 250 g/mol. The van der Waals surface area contributed by atoms with Crippen molar-refractivity contribution in [2.75, 3.05) is 5.75 Å². The summed E-state index contributed by atoms with van der Waals surface area (Å²) in [7, 11) is 0. The predicted molar refractivity (Wildman–Crippen MR) is 69.3 cm³/mol. The molecule has 1 aromatic rings. The van der Waals surface area contributed by atoms with Crippen molar-refractivity contribution in [1.29, 1.82) is 0 Å². The molecule has 5 nitrogen and oxygen atoms in total. The zero-order valence-electron chi connectivity index (χ0n) is 10.1. The molecule has 0 amide bonds. The SMILES string of the molecule is NC1(C(=O)O)CCCC1CCSc1ccncn1. The highest BCUT2D eigenvalue weighted by molar-refractivity contribution is 7.99. The molecule has 0 aliphatic heterocycles. The number of nitrogens with two attached hydrogens (primary N) is 1. The minimum absolute atomic E-state index is 0.0735. The second-order valence-electron chi connectivity index (χ2n) is 4.62. The van der Waals surface area contributed by atoms with Gasteiger partial charge in [-0.2, -0.15) is 0 Å². The van der Waals surface area contributed by atoms with Crippen molar-refractivity contribution in [2.45, 2.75) is 36.2 Å². The van der Waals surface area contributed by atoms with Crippen LogP contribution in [0.15, 0.2) is 23.6 Å². The quantitative estimate of drug-likeness (QED) is 0.621. The molecule has 1 aliphatic carbocycles. The van der Waals surface area contributed by atoms with E-state index >= 15 is 0 Å². The van der Waals surface area contributed by atoms with Gasteiger partial charge in [-0.05, 0) is 37.0 Å². The van der Waals surface area contributed by atoms with Crippen LogP contribution >= 0.6 is 11.8 Å².